The summed E-state index contributed by atoms with van der Waals surface area (Å²) in [6, 6.07) is 8.15. The molecule has 1 aliphatic carbocycles. The normalized spacial score (nSPS) is 28.4. The maximum atomic E-state index is 13.1. The summed E-state index contributed by atoms with van der Waals surface area (Å²) in [6.45, 7) is 2.11. The molecule has 132 valence electrons. The highest BCUT2D eigenvalue weighted by Gasteiger charge is 2.57. The number of rotatable bonds is 1. The van der Waals surface area contributed by atoms with Gasteiger partial charge in [0.15, 0.2) is 0 Å². The molecule has 0 aromatic heterocycles. The summed E-state index contributed by atoms with van der Waals surface area (Å²) < 4.78 is 11.6. The Labute approximate surface area is 147 Å². The Hall–Kier alpha value is -2.04. The fourth-order valence-electron chi connectivity index (χ4n) is 5.25. The molecule has 3 fully saturated rings. The first-order chi connectivity index (χ1) is 12.1. The molecule has 1 saturated carbocycles. The van der Waals surface area contributed by atoms with Crippen molar-refractivity contribution in [1.29, 1.82) is 0 Å². The van der Waals surface area contributed by atoms with Gasteiger partial charge in [0.05, 0.1) is 18.9 Å². The third-order valence-corrected chi connectivity index (χ3v) is 6.51. The van der Waals surface area contributed by atoms with Crippen LogP contribution in [0, 0.1) is 11.3 Å². The van der Waals surface area contributed by atoms with Gasteiger partial charge < -0.3 is 14.4 Å². The number of hydrogen-bond acceptors (Lipinski definition) is 4. The molecule has 0 N–H and O–H groups in total. The first-order valence-corrected chi connectivity index (χ1v) is 9.31. The largest absolute Gasteiger partial charge is 0.493 e. The molecular weight excluding hydrogens is 318 g/mol. The number of nitrogens with zero attached hydrogens (tertiary/aromatic N) is 1. The summed E-state index contributed by atoms with van der Waals surface area (Å²) >= 11 is 0. The second-order valence-electron chi connectivity index (χ2n) is 8.27. The number of hydrogen-bond donors (Lipinski definition) is 0. The predicted octanol–water partition coefficient (Wildman–Crippen LogP) is 2.33. The number of fused-ring (bicyclic) bond motifs is 1. The van der Waals surface area contributed by atoms with E-state index in [0.717, 1.165) is 50.9 Å². The van der Waals surface area contributed by atoms with Gasteiger partial charge in [0.1, 0.15) is 11.4 Å². The zero-order chi connectivity index (χ0) is 17.1. The van der Waals surface area contributed by atoms with Crippen LogP contribution in [0.5, 0.6) is 5.75 Å². The van der Waals surface area contributed by atoms with Crippen LogP contribution >= 0.6 is 0 Å². The summed E-state index contributed by atoms with van der Waals surface area (Å²) in [5.41, 5.74) is 0.760. The lowest BCUT2D eigenvalue weighted by Gasteiger charge is -2.53. The number of amides is 1. The second-order valence-corrected chi connectivity index (χ2v) is 8.27. The van der Waals surface area contributed by atoms with Gasteiger partial charge in [0.2, 0.25) is 5.91 Å². The molecule has 1 unspecified atom stereocenters. The van der Waals surface area contributed by atoms with Crippen molar-refractivity contribution in [2.24, 2.45) is 11.3 Å². The Morgan fingerprint density at radius 1 is 1.16 bits per heavy atom. The van der Waals surface area contributed by atoms with Crippen molar-refractivity contribution in [2.45, 2.75) is 44.1 Å². The molecule has 4 aliphatic rings. The first-order valence-electron chi connectivity index (χ1n) is 9.31. The summed E-state index contributed by atoms with van der Waals surface area (Å²) in [6.07, 6.45) is 4.98. The third kappa shape index (κ3) is 2.28. The van der Waals surface area contributed by atoms with E-state index in [1.165, 1.54) is 5.56 Å². The minimum Gasteiger partial charge on any atom is -0.493 e. The quantitative estimate of drug-likeness (QED) is 0.736. The second kappa shape index (κ2) is 5.23. The van der Waals surface area contributed by atoms with Gasteiger partial charge in [-0.15, -0.1) is 0 Å². The SMILES string of the molecule is O=C1CC(C(=O)N2CC3(COc4ccccc4C3)C2)C2(CCCC2)O1. The van der Waals surface area contributed by atoms with E-state index in [-0.39, 0.29) is 29.6 Å². The van der Waals surface area contributed by atoms with E-state index in [4.69, 9.17) is 9.47 Å². The Bertz CT molecular complexity index is 731. The molecule has 0 bridgehead atoms. The molecule has 5 rings (SSSR count). The predicted molar refractivity (Wildman–Crippen MR) is 90.1 cm³/mol. The molecule has 3 aliphatic heterocycles. The molecule has 5 heteroatoms. The fraction of sp³-hybridized carbons (Fsp3) is 0.600. The zero-order valence-electron chi connectivity index (χ0n) is 14.3. The molecule has 2 saturated heterocycles. The maximum absolute atomic E-state index is 13.1. The minimum absolute atomic E-state index is 0.0380. The van der Waals surface area contributed by atoms with Crippen molar-refractivity contribution in [3.8, 4) is 5.75 Å². The average molecular weight is 341 g/mol. The highest BCUT2D eigenvalue weighted by Crippen LogP contribution is 2.48. The number of carbonyl (C=O) groups is 2. The average Bonchev–Trinajstić information content (AvgIpc) is 3.18. The first kappa shape index (κ1) is 15.2. The van der Waals surface area contributed by atoms with Crippen molar-refractivity contribution in [3.63, 3.8) is 0 Å². The van der Waals surface area contributed by atoms with E-state index < -0.39 is 5.60 Å². The number of ether oxygens (including phenoxy) is 2. The number of likely N-dealkylation sites (tertiary alicyclic amines) is 1. The van der Waals surface area contributed by atoms with Gasteiger partial charge in [-0.1, -0.05) is 18.2 Å². The van der Waals surface area contributed by atoms with Gasteiger partial charge in [-0.25, -0.2) is 0 Å². The topological polar surface area (TPSA) is 55.8 Å². The van der Waals surface area contributed by atoms with E-state index >= 15 is 0 Å². The van der Waals surface area contributed by atoms with Gasteiger partial charge in [-0.05, 0) is 43.7 Å². The van der Waals surface area contributed by atoms with Crippen LogP contribution in [-0.2, 0) is 20.7 Å². The summed E-state index contributed by atoms with van der Waals surface area (Å²) in [5.74, 6) is 0.594. The molecule has 25 heavy (non-hydrogen) atoms. The highest BCUT2D eigenvalue weighted by atomic mass is 16.6. The standard InChI is InChI=1S/C20H23NO4/c22-17-9-15(20(25-17)7-3-4-8-20)18(23)21-11-19(12-21)10-14-5-1-2-6-16(14)24-13-19/h1-2,5-6,15H,3-4,7-13H2. The van der Waals surface area contributed by atoms with E-state index in [1.54, 1.807) is 0 Å². The number of carbonyl (C=O) groups excluding carboxylic acids is 2. The summed E-state index contributed by atoms with van der Waals surface area (Å²) in [5, 5.41) is 0. The summed E-state index contributed by atoms with van der Waals surface area (Å²) in [7, 11) is 0. The zero-order valence-corrected chi connectivity index (χ0v) is 14.3. The smallest absolute Gasteiger partial charge is 0.307 e. The van der Waals surface area contributed by atoms with E-state index in [0.29, 0.717) is 6.61 Å². The van der Waals surface area contributed by atoms with Crippen LogP contribution in [0.25, 0.3) is 0 Å². The Morgan fingerprint density at radius 3 is 2.72 bits per heavy atom. The van der Waals surface area contributed by atoms with Crippen LogP contribution < -0.4 is 4.74 Å². The molecule has 3 heterocycles. The number of esters is 1. The number of para-hydroxylation sites is 1. The molecular formula is C20H23NO4. The lowest BCUT2D eigenvalue weighted by Crippen LogP contribution is -2.64. The van der Waals surface area contributed by atoms with Crippen LogP contribution in [0.2, 0.25) is 0 Å². The van der Waals surface area contributed by atoms with Crippen molar-refractivity contribution >= 4 is 11.9 Å². The van der Waals surface area contributed by atoms with Crippen molar-refractivity contribution in [3.05, 3.63) is 29.8 Å². The monoisotopic (exact) mass is 341 g/mol. The van der Waals surface area contributed by atoms with Crippen LogP contribution in [0.4, 0.5) is 0 Å². The highest BCUT2D eigenvalue weighted by molar-refractivity contribution is 5.88. The Morgan fingerprint density at radius 2 is 1.92 bits per heavy atom. The third-order valence-electron chi connectivity index (χ3n) is 6.51. The van der Waals surface area contributed by atoms with Crippen LogP contribution in [0.15, 0.2) is 24.3 Å². The van der Waals surface area contributed by atoms with Crippen molar-refractivity contribution < 1.29 is 19.1 Å². The lowest BCUT2D eigenvalue weighted by atomic mass is 9.72. The Kier molecular flexibility index (Phi) is 3.19. The molecule has 1 aromatic rings. The maximum Gasteiger partial charge on any atom is 0.307 e. The van der Waals surface area contributed by atoms with E-state index in [1.807, 2.05) is 23.1 Å². The van der Waals surface area contributed by atoms with Crippen molar-refractivity contribution in [1.82, 2.24) is 4.90 Å². The van der Waals surface area contributed by atoms with Crippen LogP contribution in [-0.4, -0.2) is 42.1 Å². The molecule has 2 spiro atoms. The molecule has 1 amide bonds. The van der Waals surface area contributed by atoms with E-state index in [9.17, 15) is 9.59 Å². The lowest BCUT2D eigenvalue weighted by molar-refractivity contribution is -0.159. The van der Waals surface area contributed by atoms with Gasteiger partial charge in [-0.3, -0.25) is 9.59 Å². The minimum atomic E-state index is -0.507. The van der Waals surface area contributed by atoms with Gasteiger partial charge in [-0.2, -0.15) is 0 Å². The molecule has 0 radical (unpaired) electrons. The summed E-state index contributed by atoms with van der Waals surface area (Å²) in [4.78, 5) is 26.8. The Balaban J connectivity index is 1.29. The van der Waals surface area contributed by atoms with Gasteiger partial charge in [0.25, 0.3) is 0 Å². The van der Waals surface area contributed by atoms with E-state index in [2.05, 4.69) is 6.07 Å². The van der Waals surface area contributed by atoms with Crippen LogP contribution in [0.3, 0.4) is 0 Å². The molecule has 1 atom stereocenters. The van der Waals surface area contributed by atoms with Gasteiger partial charge >= 0.3 is 5.97 Å². The molecule has 1 aromatic carbocycles. The van der Waals surface area contributed by atoms with Crippen molar-refractivity contribution in [2.75, 3.05) is 19.7 Å². The fourth-order valence-corrected chi connectivity index (χ4v) is 5.25. The molecule has 5 nitrogen and oxygen atoms in total. The van der Waals surface area contributed by atoms with Gasteiger partial charge in [0, 0.05) is 18.5 Å². The number of benzene rings is 1. The van der Waals surface area contributed by atoms with Crippen LogP contribution in [0.1, 0.15) is 37.7 Å².